The van der Waals surface area contributed by atoms with Crippen molar-refractivity contribution < 1.29 is 9.18 Å². The van der Waals surface area contributed by atoms with E-state index in [1.165, 1.54) is 12.1 Å². The van der Waals surface area contributed by atoms with Gasteiger partial charge in [-0.15, -0.1) is 0 Å². The average Bonchev–Trinajstić information content (AvgIpc) is 2.13. The van der Waals surface area contributed by atoms with Crippen LogP contribution in [0.3, 0.4) is 0 Å². The molecule has 0 spiro atoms. The molecule has 0 amide bonds. The molecule has 0 heterocycles. The topological polar surface area (TPSA) is 17.1 Å². The van der Waals surface area contributed by atoms with E-state index in [4.69, 9.17) is 11.6 Å². The van der Waals surface area contributed by atoms with Gasteiger partial charge in [0.15, 0.2) is 11.6 Å². The number of halogens is 4. The summed E-state index contributed by atoms with van der Waals surface area (Å²) in [5.74, 6) is -0.843. The molecule has 1 aromatic rings. The van der Waals surface area contributed by atoms with Crippen molar-refractivity contribution in [3.8, 4) is 0 Å². The molecule has 0 radical (unpaired) electrons. The van der Waals surface area contributed by atoms with Crippen molar-refractivity contribution in [3.05, 3.63) is 33.0 Å². The first-order valence-electron chi connectivity index (χ1n) is 3.30. The second kappa shape index (κ2) is 4.53. The summed E-state index contributed by atoms with van der Waals surface area (Å²) in [5, 5.41) is -0.00725. The van der Waals surface area contributed by atoms with Gasteiger partial charge in [-0.3, -0.25) is 4.79 Å². The van der Waals surface area contributed by atoms with Crippen molar-refractivity contribution in [2.24, 2.45) is 0 Å². The summed E-state index contributed by atoms with van der Waals surface area (Å²) in [4.78, 5) is 11.2. The van der Waals surface area contributed by atoms with Crippen LogP contribution in [0.5, 0.6) is 0 Å². The maximum absolute atomic E-state index is 13.1. The fraction of sp³-hybridized carbons (Fsp3) is 0.125. The molecule has 0 aliphatic heterocycles. The molecule has 70 valence electrons. The highest BCUT2D eigenvalue weighted by atomic mass is 79.9. The summed E-state index contributed by atoms with van der Waals surface area (Å²) in [6, 6.07) is 2.94. The molecular formula is C8H4Br2ClFO. The third kappa shape index (κ3) is 2.30. The molecule has 5 heteroatoms. The lowest BCUT2D eigenvalue weighted by Crippen LogP contribution is -2.02. The lowest BCUT2D eigenvalue weighted by Gasteiger charge is -2.03. The van der Waals surface area contributed by atoms with Crippen molar-refractivity contribution in [1.29, 1.82) is 0 Å². The van der Waals surface area contributed by atoms with Crippen LogP contribution >= 0.6 is 43.5 Å². The van der Waals surface area contributed by atoms with Crippen LogP contribution in [-0.4, -0.2) is 11.1 Å². The van der Waals surface area contributed by atoms with Gasteiger partial charge in [0.05, 0.1) is 14.8 Å². The molecule has 0 saturated carbocycles. The summed E-state index contributed by atoms with van der Waals surface area (Å²) in [6.07, 6.45) is 0. The Morgan fingerprint density at radius 2 is 2.15 bits per heavy atom. The normalized spacial score (nSPS) is 10.2. The first kappa shape index (κ1) is 11.1. The number of carbonyl (C=O) groups excluding carboxylic acids is 1. The maximum Gasteiger partial charge on any atom is 0.174 e. The minimum absolute atomic E-state index is 0.133. The highest BCUT2D eigenvalue weighted by molar-refractivity contribution is 9.10. The Balaban J connectivity index is 3.26. The van der Waals surface area contributed by atoms with Crippen molar-refractivity contribution in [1.82, 2.24) is 0 Å². The quantitative estimate of drug-likeness (QED) is 0.458. The van der Waals surface area contributed by atoms with Crippen LogP contribution in [0, 0.1) is 5.82 Å². The van der Waals surface area contributed by atoms with Crippen molar-refractivity contribution in [2.45, 2.75) is 0 Å². The highest BCUT2D eigenvalue weighted by Crippen LogP contribution is 2.27. The molecule has 0 N–H and O–H groups in total. The third-order valence-electron chi connectivity index (χ3n) is 1.46. The zero-order valence-corrected chi connectivity index (χ0v) is 10.2. The summed E-state index contributed by atoms with van der Waals surface area (Å²) in [5.41, 5.74) is 0.194. The second-order valence-electron chi connectivity index (χ2n) is 2.28. The van der Waals surface area contributed by atoms with Crippen molar-refractivity contribution in [2.75, 3.05) is 5.33 Å². The molecule has 1 rings (SSSR count). The monoisotopic (exact) mass is 328 g/mol. The van der Waals surface area contributed by atoms with Gasteiger partial charge >= 0.3 is 0 Å². The Morgan fingerprint density at radius 1 is 1.54 bits per heavy atom. The van der Waals surface area contributed by atoms with Crippen LogP contribution in [0.1, 0.15) is 10.4 Å². The van der Waals surface area contributed by atoms with Gasteiger partial charge in [0, 0.05) is 5.56 Å². The van der Waals surface area contributed by atoms with E-state index in [1.54, 1.807) is 0 Å². The molecule has 1 aromatic carbocycles. The van der Waals surface area contributed by atoms with Crippen molar-refractivity contribution in [3.63, 3.8) is 0 Å². The van der Waals surface area contributed by atoms with Gasteiger partial charge in [-0.2, -0.15) is 0 Å². The average molecular weight is 330 g/mol. The van der Waals surface area contributed by atoms with Crippen LogP contribution in [0.2, 0.25) is 5.02 Å². The summed E-state index contributed by atoms with van der Waals surface area (Å²) < 4.78 is 13.4. The van der Waals surface area contributed by atoms with Crippen LogP contribution in [0.4, 0.5) is 4.39 Å². The van der Waals surface area contributed by atoms with E-state index in [0.717, 1.165) is 0 Å². The lowest BCUT2D eigenvalue weighted by molar-refractivity contribution is 0.102. The van der Waals surface area contributed by atoms with E-state index >= 15 is 0 Å². The van der Waals surface area contributed by atoms with E-state index in [-0.39, 0.29) is 26.2 Å². The Hall–Kier alpha value is 0.0700. The molecule has 0 atom stereocenters. The molecule has 0 aromatic heterocycles. The number of alkyl halides is 1. The lowest BCUT2D eigenvalue weighted by atomic mass is 10.1. The summed E-state index contributed by atoms with van der Waals surface area (Å²) in [6.45, 7) is 0. The van der Waals surface area contributed by atoms with Gasteiger partial charge in [0.25, 0.3) is 0 Å². The minimum atomic E-state index is -0.603. The Bertz CT molecular complexity index is 354. The van der Waals surface area contributed by atoms with Gasteiger partial charge in [0.1, 0.15) is 0 Å². The van der Waals surface area contributed by atoms with Gasteiger partial charge < -0.3 is 0 Å². The largest absolute Gasteiger partial charge is 0.293 e. The summed E-state index contributed by atoms with van der Waals surface area (Å²) >= 11 is 11.6. The predicted octanol–water partition coefficient (Wildman–Crippen LogP) is 3.82. The molecule has 1 nitrogen and oxygen atoms in total. The van der Waals surface area contributed by atoms with Gasteiger partial charge in [-0.1, -0.05) is 27.5 Å². The van der Waals surface area contributed by atoms with E-state index in [1.807, 2.05) is 0 Å². The molecular weight excluding hydrogens is 326 g/mol. The Morgan fingerprint density at radius 3 is 2.69 bits per heavy atom. The molecule has 0 saturated heterocycles. The van der Waals surface area contributed by atoms with E-state index in [0.29, 0.717) is 0 Å². The number of ketones is 1. The van der Waals surface area contributed by atoms with E-state index < -0.39 is 5.82 Å². The number of hydrogen-bond donors (Lipinski definition) is 0. The Labute approximate surface area is 96.5 Å². The van der Waals surface area contributed by atoms with Crippen LogP contribution in [-0.2, 0) is 0 Å². The molecule has 0 unspecified atom stereocenters. The smallest absolute Gasteiger partial charge is 0.174 e. The number of hydrogen-bond acceptors (Lipinski definition) is 1. The highest BCUT2D eigenvalue weighted by Gasteiger charge is 2.14. The van der Waals surface area contributed by atoms with E-state index in [2.05, 4.69) is 31.9 Å². The van der Waals surface area contributed by atoms with Gasteiger partial charge in [0.2, 0.25) is 0 Å². The zero-order valence-electron chi connectivity index (χ0n) is 6.28. The molecule has 0 fully saturated rings. The van der Waals surface area contributed by atoms with Crippen LogP contribution in [0.15, 0.2) is 16.6 Å². The van der Waals surface area contributed by atoms with Crippen LogP contribution in [0.25, 0.3) is 0 Å². The van der Waals surface area contributed by atoms with E-state index in [9.17, 15) is 9.18 Å². The van der Waals surface area contributed by atoms with Crippen molar-refractivity contribution >= 4 is 49.2 Å². The molecule has 0 aliphatic carbocycles. The minimum Gasteiger partial charge on any atom is -0.293 e. The molecule has 0 bridgehead atoms. The first-order valence-corrected chi connectivity index (χ1v) is 5.60. The third-order valence-corrected chi connectivity index (χ3v) is 2.95. The molecule has 0 aliphatic rings. The fourth-order valence-corrected chi connectivity index (χ4v) is 1.83. The number of benzene rings is 1. The number of rotatable bonds is 2. The number of carbonyl (C=O) groups is 1. The van der Waals surface area contributed by atoms with Gasteiger partial charge in [-0.25, -0.2) is 4.39 Å². The summed E-state index contributed by atoms with van der Waals surface area (Å²) in [7, 11) is 0. The zero-order chi connectivity index (χ0) is 10.0. The van der Waals surface area contributed by atoms with Crippen LogP contribution < -0.4 is 0 Å². The second-order valence-corrected chi connectivity index (χ2v) is 4.07. The predicted molar refractivity (Wildman–Crippen MR) is 57.2 cm³/mol. The fourth-order valence-electron chi connectivity index (χ4n) is 0.813. The SMILES string of the molecule is O=C(CBr)c1ccc(Br)c(F)c1Cl. The van der Waals surface area contributed by atoms with Gasteiger partial charge in [-0.05, 0) is 28.1 Å². The first-order chi connectivity index (χ1) is 6.07. The Kier molecular flexibility index (Phi) is 3.88. The number of Topliss-reactive ketones (excluding diaryl/α,β-unsaturated/α-hetero) is 1. The maximum atomic E-state index is 13.1. The molecule has 13 heavy (non-hydrogen) atoms. The standard InChI is InChI=1S/C8H4Br2ClFO/c9-3-6(13)4-1-2-5(10)8(12)7(4)11/h1-2H,3H2.